The van der Waals surface area contributed by atoms with Crippen LogP contribution in [0.4, 0.5) is 0 Å². The minimum absolute atomic E-state index is 0.754. The Morgan fingerprint density at radius 2 is 2.11 bits per heavy atom. The number of benzene rings is 1. The van der Waals surface area contributed by atoms with Crippen LogP contribution >= 0.6 is 0 Å². The molecule has 0 amide bonds. The number of hydrogen-bond donors (Lipinski definition) is 1. The van der Waals surface area contributed by atoms with Gasteiger partial charge in [-0.15, -0.1) is 0 Å². The van der Waals surface area contributed by atoms with E-state index in [1.165, 1.54) is 39.0 Å². The van der Waals surface area contributed by atoms with Crippen LogP contribution in [-0.4, -0.2) is 43.7 Å². The van der Waals surface area contributed by atoms with E-state index < -0.39 is 0 Å². The van der Waals surface area contributed by atoms with E-state index in [0.717, 1.165) is 30.7 Å². The molecule has 0 saturated carbocycles. The number of likely N-dealkylation sites (tertiary alicyclic amines) is 1. The average molecular weight is 260 g/mol. The maximum atomic E-state index is 5.74. The van der Waals surface area contributed by atoms with E-state index in [1.54, 1.807) is 0 Å². The molecule has 2 saturated heterocycles. The molecule has 0 spiro atoms. The Bertz CT molecular complexity index is 368. The monoisotopic (exact) mass is 260 g/mol. The van der Waals surface area contributed by atoms with Gasteiger partial charge in [-0.1, -0.05) is 18.2 Å². The van der Waals surface area contributed by atoms with Gasteiger partial charge in [0.1, 0.15) is 5.75 Å². The third-order valence-electron chi connectivity index (χ3n) is 4.31. The summed E-state index contributed by atoms with van der Waals surface area (Å²) in [6.45, 7) is 5.72. The zero-order valence-corrected chi connectivity index (χ0v) is 11.6. The zero-order valence-electron chi connectivity index (χ0n) is 11.6. The zero-order chi connectivity index (χ0) is 12.9. The summed E-state index contributed by atoms with van der Waals surface area (Å²) in [6.07, 6.45) is 3.88. The molecular weight excluding hydrogens is 236 g/mol. The van der Waals surface area contributed by atoms with Gasteiger partial charge in [0, 0.05) is 25.7 Å². The smallest absolute Gasteiger partial charge is 0.119 e. The molecule has 19 heavy (non-hydrogen) atoms. The molecule has 1 aromatic carbocycles. The first-order valence-corrected chi connectivity index (χ1v) is 7.55. The SMILES string of the molecule is c1ccc(OCCCN2CC3CCCNC3C2)cc1. The summed E-state index contributed by atoms with van der Waals surface area (Å²) >= 11 is 0. The minimum Gasteiger partial charge on any atom is -0.494 e. The molecule has 0 aromatic heterocycles. The Kier molecular flexibility index (Phi) is 4.36. The second-order valence-corrected chi connectivity index (χ2v) is 5.74. The molecule has 2 atom stereocenters. The van der Waals surface area contributed by atoms with Gasteiger partial charge in [0.15, 0.2) is 0 Å². The van der Waals surface area contributed by atoms with Crippen LogP contribution in [0.5, 0.6) is 5.75 Å². The van der Waals surface area contributed by atoms with Crippen LogP contribution < -0.4 is 10.1 Å². The molecule has 2 aliphatic rings. The quantitative estimate of drug-likeness (QED) is 0.821. The van der Waals surface area contributed by atoms with Crippen LogP contribution in [0.2, 0.25) is 0 Å². The van der Waals surface area contributed by atoms with Crippen molar-refractivity contribution in [3.8, 4) is 5.75 Å². The van der Waals surface area contributed by atoms with E-state index in [0.29, 0.717) is 0 Å². The highest BCUT2D eigenvalue weighted by atomic mass is 16.5. The van der Waals surface area contributed by atoms with Crippen LogP contribution in [0.1, 0.15) is 19.3 Å². The summed E-state index contributed by atoms with van der Waals surface area (Å²) in [5.74, 6) is 1.88. The van der Waals surface area contributed by atoms with Crippen molar-refractivity contribution in [1.82, 2.24) is 10.2 Å². The molecule has 0 radical (unpaired) electrons. The van der Waals surface area contributed by atoms with Crippen molar-refractivity contribution >= 4 is 0 Å². The van der Waals surface area contributed by atoms with Gasteiger partial charge in [0.25, 0.3) is 0 Å². The minimum atomic E-state index is 0.754. The fourth-order valence-electron chi connectivity index (χ4n) is 3.31. The summed E-state index contributed by atoms with van der Waals surface area (Å²) in [7, 11) is 0. The Hall–Kier alpha value is -1.06. The number of nitrogens with zero attached hydrogens (tertiary/aromatic N) is 1. The van der Waals surface area contributed by atoms with Crippen molar-refractivity contribution < 1.29 is 4.74 Å². The highest BCUT2D eigenvalue weighted by molar-refractivity contribution is 5.20. The second kappa shape index (κ2) is 6.40. The number of piperidine rings is 1. The summed E-state index contributed by atoms with van der Waals surface area (Å²) in [5, 5.41) is 3.65. The Balaban J connectivity index is 1.35. The first-order chi connectivity index (χ1) is 9.42. The normalized spacial score (nSPS) is 27.2. The van der Waals surface area contributed by atoms with E-state index in [1.807, 2.05) is 30.3 Å². The van der Waals surface area contributed by atoms with E-state index in [4.69, 9.17) is 4.74 Å². The molecule has 3 heteroatoms. The van der Waals surface area contributed by atoms with Gasteiger partial charge in [-0.05, 0) is 43.9 Å². The molecule has 2 aliphatic heterocycles. The summed E-state index contributed by atoms with van der Waals surface area (Å²) in [5.41, 5.74) is 0. The van der Waals surface area contributed by atoms with Crippen molar-refractivity contribution in [2.75, 3.05) is 32.8 Å². The predicted molar refractivity (Wildman–Crippen MR) is 77.5 cm³/mol. The number of hydrogen-bond acceptors (Lipinski definition) is 3. The van der Waals surface area contributed by atoms with Crippen molar-refractivity contribution in [3.05, 3.63) is 30.3 Å². The van der Waals surface area contributed by atoms with Crippen molar-refractivity contribution in [1.29, 1.82) is 0 Å². The Morgan fingerprint density at radius 3 is 2.95 bits per heavy atom. The molecule has 2 fully saturated rings. The number of nitrogens with one attached hydrogen (secondary N) is 1. The fourth-order valence-corrected chi connectivity index (χ4v) is 3.31. The van der Waals surface area contributed by atoms with E-state index in [9.17, 15) is 0 Å². The lowest BCUT2D eigenvalue weighted by Crippen LogP contribution is -2.40. The molecule has 3 rings (SSSR count). The first-order valence-electron chi connectivity index (χ1n) is 7.55. The van der Waals surface area contributed by atoms with Gasteiger partial charge < -0.3 is 15.0 Å². The van der Waals surface area contributed by atoms with Gasteiger partial charge >= 0.3 is 0 Å². The highest BCUT2D eigenvalue weighted by Gasteiger charge is 2.33. The Labute approximate surface area is 115 Å². The Morgan fingerprint density at radius 1 is 1.21 bits per heavy atom. The number of rotatable bonds is 5. The van der Waals surface area contributed by atoms with Crippen LogP contribution in [0.25, 0.3) is 0 Å². The van der Waals surface area contributed by atoms with Gasteiger partial charge in [0.2, 0.25) is 0 Å². The molecule has 1 N–H and O–H groups in total. The number of ether oxygens (including phenoxy) is 1. The summed E-state index contributed by atoms with van der Waals surface area (Å²) in [6, 6.07) is 10.9. The standard InChI is InChI=1S/C16H24N2O/c1-2-7-15(8-3-1)19-11-5-10-18-12-14-6-4-9-17-16(14)13-18/h1-3,7-8,14,16-17H,4-6,9-13H2. The molecule has 104 valence electrons. The van der Waals surface area contributed by atoms with Gasteiger partial charge in [-0.3, -0.25) is 0 Å². The highest BCUT2D eigenvalue weighted by Crippen LogP contribution is 2.24. The van der Waals surface area contributed by atoms with Crippen molar-refractivity contribution in [3.63, 3.8) is 0 Å². The molecule has 0 bridgehead atoms. The fraction of sp³-hybridized carbons (Fsp3) is 0.625. The number of fused-ring (bicyclic) bond motifs is 1. The molecular formula is C16H24N2O. The van der Waals surface area contributed by atoms with E-state index in [-0.39, 0.29) is 0 Å². The topological polar surface area (TPSA) is 24.5 Å². The van der Waals surface area contributed by atoms with Crippen LogP contribution in [0.15, 0.2) is 30.3 Å². The maximum Gasteiger partial charge on any atom is 0.119 e. The molecule has 1 aromatic rings. The maximum absolute atomic E-state index is 5.74. The van der Waals surface area contributed by atoms with Crippen LogP contribution in [0.3, 0.4) is 0 Å². The molecule has 0 aliphatic carbocycles. The second-order valence-electron chi connectivity index (χ2n) is 5.74. The largest absolute Gasteiger partial charge is 0.494 e. The van der Waals surface area contributed by atoms with Crippen LogP contribution in [0, 0.1) is 5.92 Å². The molecule has 2 heterocycles. The van der Waals surface area contributed by atoms with E-state index >= 15 is 0 Å². The van der Waals surface area contributed by atoms with Crippen molar-refractivity contribution in [2.45, 2.75) is 25.3 Å². The van der Waals surface area contributed by atoms with Gasteiger partial charge in [-0.25, -0.2) is 0 Å². The summed E-state index contributed by atoms with van der Waals surface area (Å²) in [4.78, 5) is 2.60. The first kappa shape index (κ1) is 12.9. The molecule has 3 nitrogen and oxygen atoms in total. The third kappa shape index (κ3) is 3.48. The lowest BCUT2D eigenvalue weighted by atomic mass is 9.94. The third-order valence-corrected chi connectivity index (χ3v) is 4.31. The average Bonchev–Trinajstić information content (AvgIpc) is 2.87. The lowest BCUT2D eigenvalue weighted by Gasteiger charge is -2.24. The summed E-state index contributed by atoms with van der Waals surface area (Å²) < 4.78 is 5.74. The predicted octanol–water partition coefficient (Wildman–Crippen LogP) is 2.14. The van der Waals surface area contributed by atoms with Gasteiger partial charge in [-0.2, -0.15) is 0 Å². The van der Waals surface area contributed by atoms with Crippen LogP contribution in [-0.2, 0) is 0 Å². The molecule has 2 unspecified atom stereocenters. The number of para-hydroxylation sites is 1. The lowest BCUT2D eigenvalue weighted by molar-refractivity contribution is 0.257. The van der Waals surface area contributed by atoms with Crippen molar-refractivity contribution in [2.24, 2.45) is 5.92 Å². The van der Waals surface area contributed by atoms with Gasteiger partial charge in [0.05, 0.1) is 6.61 Å². The van der Waals surface area contributed by atoms with E-state index in [2.05, 4.69) is 10.2 Å².